The number of carbonyl (C=O) groups excluding carboxylic acids is 2. The summed E-state index contributed by atoms with van der Waals surface area (Å²) < 4.78 is 38.3. The largest absolute Gasteiger partial charge is 0.491 e. The van der Waals surface area contributed by atoms with Crippen molar-refractivity contribution in [2.24, 2.45) is 0 Å². The Hall–Kier alpha value is -1.86. The maximum Gasteiger partial charge on any atom is 0.491 e. The SMILES string of the molecule is O=C(OC(=O)C(F)(F)F)c1ccn[nH]1. The molecule has 0 amide bonds. The number of halogens is 3. The van der Waals surface area contributed by atoms with Crippen LogP contribution in [0.25, 0.3) is 0 Å². The van der Waals surface area contributed by atoms with E-state index in [0.717, 1.165) is 12.3 Å². The molecule has 0 saturated heterocycles. The van der Waals surface area contributed by atoms with Crippen molar-refractivity contribution in [3.63, 3.8) is 0 Å². The van der Waals surface area contributed by atoms with Gasteiger partial charge in [-0.15, -0.1) is 0 Å². The van der Waals surface area contributed by atoms with Crippen molar-refractivity contribution in [3.05, 3.63) is 18.0 Å². The van der Waals surface area contributed by atoms with E-state index in [-0.39, 0.29) is 5.69 Å². The first kappa shape index (κ1) is 10.2. The number of ether oxygens (including phenoxy) is 1. The van der Waals surface area contributed by atoms with Crippen LogP contribution in [0.1, 0.15) is 10.5 Å². The molecule has 0 saturated carbocycles. The first-order chi connectivity index (χ1) is 6.41. The summed E-state index contributed by atoms with van der Waals surface area (Å²) in [5.41, 5.74) is -0.331. The van der Waals surface area contributed by atoms with Gasteiger partial charge in [0.2, 0.25) is 0 Å². The third-order valence-electron chi connectivity index (χ3n) is 1.14. The number of alkyl halides is 3. The van der Waals surface area contributed by atoms with Gasteiger partial charge in [0.25, 0.3) is 0 Å². The summed E-state index contributed by atoms with van der Waals surface area (Å²) in [4.78, 5) is 20.9. The number of carbonyl (C=O) groups is 2. The molecule has 0 bridgehead atoms. The van der Waals surface area contributed by atoms with Gasteiger partial charge in [0.05, 0.1) is 0 Å². The highest BCUT2D eigenvalue weighted by Crippen LogP contribution is 2.17. The van der Waals surface area contributed by atoms with E-state index in [4.69, 9.17) is 0 Å². The number of hydrogen-bond donors (Lipinski definition) is 1. The Bertz CT molecular complexity index is 344. The fraction of sp³-hybridized carbons (Fsp3) is 0.167. The molecule has 14 heavy (non-hydrogen) atoms. The maximum atomic E-state index is 11.6. The average Bonchev–Trinajstić information content (AvgIpc) is 2.53. The van der Waals surface area contributed by atoms with Crippen LogP contribution in [0.4, 0.5) is 13.2 Å². The highest BCUT2D eigenvalue weighted by atomic mass is 19.4. The molecular weight excluding hydrogens is 205 g/mol. The normalized spacial score (nSPS) is 11.1. The van der Waals surface area contributed by atoms with Gasteiger partial charge in [-0.25, -0.2) is 9.59 Å². The number of nitrogens with zero attached hydrogens (tertiary/aromatic N) is 1. The molecule has 0 aliphatic rings. The first-order valence-corrected chi connectivity index (χ1v) is 3.24. The van der Waals surface area contributed by atoms with Gasteiger partial charge >= 0.3 is 18.1 Å². The summed E-state index contributed by atoms with van der Waals surface area (Å²) in [7, 11) is 0. The highest BCUT2D eigenvalue weighted by molar-refractivity contribution is 5.96. The molecule has 0 spiro atoms. The molecule has 0 aliphatic heterocycles. The van der Waals surface area contributed by atoms with Gasteiger partial charge in [0, 0.05) is 6.20 Å². The van der Waals surface area contributed by atoms with E-state index < -0.39 is 18.1 Å². The van der Waals surface area contributed by atoms with Crippen LogP contribution in [0.15, 0.2) is 12.3 Å². The van der Waals surface area contributed by atoms with Crippen LogP contribution in [-0.2, 0) is 9.53 Å². The van der Waals surface area contributed by atoms with Crippen molar-refractivity contribution < 1.29 is 27.5 Å². The van der Waals surface area contributed by atoms with Crippen molar-refractivity contribution in [2.45, 2.75) is 6.18 Å². The van der Waals surface area contributed by atoms with E-state index in [1.165, 1.54) is 0 Å². The van der Waals surface area contributed by atoms with Gasteiger partial charge in [-0.2, -0.15) is 18.3 Å². The van der Waals surface area contributed by atoms with Gasteiger partial charge < -0.3 is 4.74 Å². The topological polar surface area (TPSA) is 72.1 Å². The van der Waals surface area contributed by atoms with Gasteiger partial charge in [-0.05, 0) is 6.07 Å². The quantitative estimate of drug-likeness (QED) is 0.543. The van der Waals surface area contributed by atoms with E-state index in [9.17, 15) is 22.8 Å². The van der Waals surface area contributed by atoms with Gasteiger partial charge in [0.1, 0.15) is 5.69 Å². The number of hydrogen-bond acceptors (Lipinski definition) is 4. The lowest BCUT2D eigenvalue weighted by Gasteiger charge is -2.03. The number of aromatic nitrogens is 2. The lowest BCUT2D eigenvalue weighted by molar-refractivity contribution is -0.193. The Labute approximate surface area is 74.9 Å². The molecule has 1 aromatic heterocycles. The zero-order chi connectivity index (χ0) is 10.8. The van der Waals surface area contributed by atoms with Crippen molar-refractivity contribution in [1.29, 1.82) is 0 Å². The summed E-state index contributed by atoms with van der Waals surface area (Å²) in [6.45, 7) is 0. The highest BCUT2D eigenvalue weighted by Gasteiger charge is 2.42. The Kier molecular flexibility index (Phi) is 2.54. The molecule has 1 rings (SSSR count). The predicted octanol–water partition coefficient (Wildman–Crippen LogP) is 0.655. The monoisotopic (exact) mass is 208 g/mol. The number of rotatable bonds is 1. The molecule has 0 fully saturated rings. The van der Waals surface area contributed by atoms with Crippen molar-refractivity contribution in [1.82, 2.24) is 10.2 Å². The second-order valence-electron chi connectivity index (χ2n) is 2.15. The second kappa shape index (κ2) is 3.48. The molecular formula is C6H3F3N2O3. The van der Waals surface area contributed by atoms with E-state index in [1.54, 1.807) is 0 Å². The molecule has 0 unspecified atom stereocenters. The molecule has 1 aromatic rings. The average molecular weight is 208 g/mol. The van der Waals surface area contributed by atoms with Crippen LogP contribution in [-0.4, -0.2) is 28.3 Å². The summed E-state index contributed by atoms with van der Waals surface area (Å²) in [5.74, 6) is -3.98. The Morgan fingerprint density at radius 3 is 2.50 bits per heavy atom. The van der Waals surface area contributed by atoms with Gasteiger partial charge in [0.15, 0.2) is 0 Å². The van der Waals surface area contributed by atoms with Crippen LogP contribution in [0.3, 0.4) is 0 Å². The Morgan fingerprint density at radius 1 is 1.43 bits per heavy atom. The minimum atomic E-state index is -5.18. The summed E-state index contributed by atoms with van der Waals surface area (Å²) in [6, 6.07) is 1.08. The fourth-order valence-corrected chi connectivity index (χ4v) is 0.567. The maximum absolute atomic E-state index is 11.6. The zero-order valence-corrected chi connectivity index (χ0v) is 6.46. The third-order valence-corrected chi connectivity index (χ3v) is 1.14. The van der Waals surface area contributed by atoms with E-state index in [1.807, 2.05) is 5.10 Å². The number of esters is 2. The lowest BCUT2D eigenvalue weighted by atomic mass is 10.4. The fourth-order valence-electron chi connectivity index (χ4n) is 0.567. The van der Waals surface area contributed by atoms with Crippen LogP contribution >= 0.6 is 0 Å². The van der Waals surface area contributed by atoms with Crippen LogP contribution < -0.4 is 0 Å². The second-order valence-corrected chi connectivity index (χ2v) is 2.15. The molecule has 8 heteroatoms. The summed E-state index contributed by atoms with van der Waals surface area (Å²) >= 11 is 0. The molecule has 1 N–H and O–H groups in total. The first-order valence-electron chi connectivity index (χ1n) is 3.24. The molecule has 76 valence electrons. The molecule has 5 nitrogen and oxygen atoms in total. The smallest absolute Gasteiger partial charge is 0.382 e. The van der Waals surface area contributed by atoms with Crippen molar-refractivity contribution >= 4 is 11.9 Å². The van der Waals surface area contributed by atoms with Gasteiger partial charge in [-0.3, -0.25) is 5.10 Å². The summed E-state index contributed by atoms with van der Waals surface area (Å²) in [6.07, 6.45) is -4.05. The number of H-pyrrole nitrogens is 1. The van der Waals surface area contributed by atoms with Crippen molar-refractivity contribution in [2.75, 3.05) is 0 Å². The minimum absolute atomic E-state index is 0.331. The van der Waals surface area contributed by atoms with Gasteiger partial charge in [-0.1, -0.05) is 0 Å². The summed E-state index contributed by atoms with van der Waals surface area (Å²) in [5, 5.41) is 5.34. The number of nitrogens with one attached hydrogen (secondary N) is 1. The molecule has 0 aromatic carbocycles. The van der Waals surface area contributed by atoms with E-state index in [2.05, 4.69) is 9.84 Å². The Morgan fingerprint density at radius 2 is 2.07 bits per heavy atom. The third kappa shape index (κ3) is 2.31. The molecule has 1 heterocycles. The predicted molar refractivity (Wildman–Crippen MR) is 35.1 cm³/mol. The van der Waals surface area contributed by atoms with E-state index in [0.29, 0.717) is 0 Å². The minimum Gasteiger partial charge on any atom is -0.382 e. The van der Waals surface area contributed by atoms with E-state index >= 15 is 0 Å². The standard InChI is InChI=1S/C6H3F3N2O3/c7-6(8,9)5(13)14-4(12)3-1-2-10-11-3/h1-2H,(H,10,11). The van der Waals surface area contributed by atoms with Crippen molar-refractivity contribution in [3.8, 4) is 0 Å². The van der Waals surface area contributed by atoms with Crippen LogP contribution in [0, 0.1) is 0 Å². The molecule has 0 radical (unpaired) electrons. The number of aromatic amines is 1. The zero-order valence-electron chi connectivity index (χ0n) is 6.46. The lowest BCUT2D eigenvalue weighted by Crippen LogP contribution is -2.28. The Balaban J connectivity index is 2.63. The van der Waals surface area contributed by atoms with Crippen LogP contribution in [0.5, 0.6) is 0 Å². The molecule has 0 aliphatic carbocycles. The van der Waals surface area contributed by atoms with Crippen LogP contribution in [0.2, 0.25) is 0 Å². The molecule has 0 atom stereocenters.